The van der Waals surface area contributed by atoms with E-state index in [-0.39, 0.29) is 19.0 Å². The molecule has 1 saturated heterocycles. The molecule has 0 spiro atoms. The van der Waals surface area contributed by atoms with Crippen LogP contribution in [0.25, 0.3) is 0 Å². The van der Waals surface area contributed by atoms with Crippen LogP contribution in [0, 0.1) is 0 Å². The molecule has 2 heterocycles. The molecule has 0 unspecified atom stereocenters. The molecule has 24 heavy (non-hydrogen) atoms. The number of ether oxygens (including phenoxy) is 2. The van der Waals surface area contributed by atoms with Crippen LogP contribution in [0.1, 0.15) is 6.42 Å². The van der Waals surface area contributed by atoms with E-state index in [1.165, 1.54) is 12.3 Å². The van der Waals surface area contributed by atoms with Crippen LogP contribution in [0.5, 0.6) is 0 Å². The Morgan fingerprint density at radius 3 is 2.79 bits per heavy atom. The number of nitrogens with zero attached hydrogens (tertiary/aromatic N) is 2. The van der Waals surface area contributed by atoms with Crippen molar-refractivity contribution in [2.24, 2.45) is 11.5 Å². The van der Waals surface area contributed by atoms with Gasteiger partial charge < -0.3 is 36.9 Å². The lowest BCUT2D eigenvalue weighted by molar-refractivity contribution is -0.173. The molecule has 134 valence electrons. The molecule has 1 fully saturated rings. The molecule has 1 amide bonds. The zero-order valence-electron chi connectivity index (χ0n) is 12.9. The first-order chi connectivity index (χ1) is 11.4. The lowest BCUT2D eigenvalue weighted by atomic mass is 9.98. The standard InChI is InChI=1S/C13H21N5O6/c14-2-4-23-11-10(21)7(6-19)24-13(11,5-9(16)20)18-3-1-8(15)17-12(18)22/h1,3,7,10-11,19,21H,2,4-6,14H2,(H2,16,20)(H2,15,17,22)/t7-,10-,11-,13-/m1/s1. The zero-order valence-corrected chi connectivity index (χ0v) is 12.9. The third-order valence-corrected chi connectivity index (χ3v) is 3.75. The Bertz CT molecular complexity index is 652. The maximum Gasteiger partial charge on any atom is 0.351 e. The number of carbonyl (C=O) groups is 1. The number of amides is 1. The van der Waals surface area contributed by atoms with Crippen LogP contribution in [0.2, 0.25) is 0 Å². The van der Waals surface area contributed by atoms with Crippen molar-refractivity contribution in [3.8, 4) is 0 Å². The molecular formula is C13H21N5O6. The maximum absolute atomic E-state index is 12.3. The van der Waals surface area contributed by atoms with Gasteiger partial charge in [-0.1, -0.05) is 0 Å². The van der Waals surface area contributed by atoms with Crippen molar-refractivity contribution in [2.45, 2.75) is 30.5 Å². The van der Waals surface area contributed by atoms with Gasteiger partial charge in [0.05, 0.1) is 19.6 Å². The van der Waals surface area contributed by atoms with Gasteiger partial charge in [0.1, 0.15) is 24.1 Å². The molecule has 11 heteroatoms. The Labute approximate surface area is 137 Å². The lowest BCUT2D eigenvalue weighted by Crippen LogP contribution is -2.54. The molecule has 0 aliphatic carbocycles. The summed E-state index contributed by atoms with van der Waals surface area (Å²) in [5, 5.41) is 19.8. The molecule has 8 N–H and O–H groups in total. The second-order valence-corrected chi connectivity index (χ2v) is 5.40. The largest absolute Gasteiger partial charge is 0.394 e. The number of carbonyl (C=O) groups excluding carboxylic acids is 1. The normalized spacial score (nSPS) is 29.7. The SMILES string of the molecule is NCCO[C@@H]1[C@H](O)[C@@H](CO)O[C@@]1(CC(N)=O)n1ccc(N)nc1=O. The highest BCUT2D eigenvalue weighted by molar-refractivity contribution is 5.74. The van der Waals surface area contributed by atoms with Crippen molar-refractivity contribution in [1.29, 1.82) is 0 Å². The van der Waals surface area contributed by atoms with Gasteiger partial charge in [-0.3, -0.25) is 9.36 Å². The Morgan fingerprint density at radius 2 is 2.25 bits per heavy atom. The van der Waals surface area contributed by atoms with Crippen molar-refractivity contribution < 1.29 is 24.5 Å². The molecule has 1 aromatic heterocycles. The number of nitrogen functional groups attached to an aromatic ring is 1. The number of aromatic nitrogens is 2. The third-order valence-electron chi connectivity index (χ3n) is 3.75. The molecule has 1 aliphatic heterocycles. The van der Waals surface area contributed by atoms with Crippen LogP contribution >= 0.6 is 0 Å². The molecule has 0 radical (unpaired) electrons. The van der Waals surface area contributed by atoms with E-state index < -0.39 is 48.7 Å². The number of nitrogens with two attached hydrogens (primary N) is 3. The highest BCUT2D eigenvalue weighted by Crippen LogP contribution is 2.39. The predicted octanol–water partition coefficient (Wildman–Crippen LogP) is -3.55. The van der Waals surface area contributed by atoms with E-state index in [1.54, 1.807) is 0 Å². The minimum atomic E-state index is -1.77. The second-order valence-electron chi connectivity index (χ2n) is 5.40. The summed E-state index contributed by atoms with van der Waals surface area (Å²) in [6, 6.07) is 1.33. The molecule has 0 saturated carbocycles. The van der Waals surface area contributed by atoms with E-state index in [4.69, 9.17) is 26.7 Å². The number of hydrogen-bond donors (Lipinski definition) is 5. The van der Waals surface area contributed by atoms with Gasteiger partial charge >= 0.3 is 5.69 Å². The molecular weight excluding hydrogens is 322 g/mol. The summed E-state index contributed by atoms with van der Waals surface area (Å²) < 4.78 is 12.1. The van der Waals surface area contributed by atoms with Gasteiger partial charge in [-0.25, -0.2) is 4.79 Å². The fraction of sp³-hybridized carbons (Fsp3) is 0.615. The van der Waals surface area contributed by atoms with Crippen molar-refractivity contribution in [3.63, 3.8) is 0 Å². The summed E-state index contributed by atoms with van der Waals surface area (Å²) in [6.07, 6.45) is -2.80. The number of rotatable bonds is 7. The first-order valence-electron chi connectivity index (χ1n) is 7.28. The topological polar surface area (TPSA) is 189 Å². The minimum absolute atomic E-state index is 0.0258. The summed E-state index contributed by atoms with van der Waals surface area (Å²) in [6.45, 7) is -0.392. The van der Waals surface area contributed by atoms with E-state index in [1.807, 2.05) is 0 Å². The predicted molar refractivity (Wildman–Crippen MR) is 81.5 cm³/mol. The zero-order chi connectivity index (χ0) is 17.9. The van der Waals surface area contributed by atoms with Crippen LogP contribution < -0.4 is 22.9 Å². The monoisotopic (exact) mass is 343 g/mol. The van der Waals surface area contributed by atoms with E-state index in [2.05, 4.69) is 4.98 Å². The summed E-state index contributed by atoms with van der Waals surface area (Å²) in [5.74, 6) is -0.826. The van der Waals surface area contributed by atoms with Gasteiger partial charge in [-0.15, -0.1) is 0 Å². The van der Waals surface area contributed by atoms with Gasteiger partial charge in [0.25, 0.3) is 0 Å². The van der Waals surface area contributed by atoms with Crippen LogP contribution in [0.15, 0.2) is 17.1 Å². The average Bonchev–Trinajstić information content (AvgIpc) is 2.77. The Balaban J connectivity index is 2.58. The van der Waals surface area contributed by atoms with Crippen molar-refractivity contribution in [3.05, 3.63) is 22.7 Å². The fourth-order valence-electron chi connectivity index (χ4n) is 2.81. The Morgan fingerprint density at radius 1 is 1.54 bits per heavy atom. The van der Waals surface area contributed by atoms with Gasteiger partial charge in [-0.05, 0) is 6.07 Å². The van der Waals surface area contributed by atoms with Gasteiger partial charge in [0.15, 0.2) is 5.72 Å². The number of aliphatic hydroxyl groups is 2. The highest BCUT2D eigenvalue weighted by Gasteiger charge is 2.58. The molecule has 0 aromatic carbocycles. The van der Waals surface area contributed by atoms with Crippen LogP contribution in [-0.2, 0) is 20.0 Å². The quantitative estimate of drug-likeness (QED) is 0.333. The average molecular weight is 343 g/mol. The molecule has 11 nitrogen and oxygen atoms in total. The summed E-state index contributed by atoms with van der Waals surface area (Å²) in [5.41, 5.74) is 13.6. The number of anilines is 1. The Hall–Kier alpha value is -2.05. The van der Waals surface area contributed by atoms with E-state index in [0.717, 1.165) is 4.57 Å². The smallest absolute Gasteiger partial charge is 0.351 e. The molecule has 1 aromatic rings. The van der Waals surface area contributed by atoms with Crippen LogP contribution in [-0.4, -0.2) is 63.7 Å². The van der Waals surface area contributed by atoms with E-state index in [9.17, 15) is 19.8 Å². The van der Waals surface area contributed by atoms with Gasteiger partial charge in [0.2, 0.25) is 5.91 Å². The number of aliphatic hydroxyl groups excluding tert-OH is 2. The first kappa shape index (κ1) is 18.3. The summed E-state index contributed by atoms with van der Waals surface area (Å²) >= 11 is 0. The molecule has 4 atom stereocenters. The molecule has 2 rings (SSSR count). The molecule has 1 aliphatic rings. The van der Waals surface area contributed by atoms with E-state index in [0.29, 0.717) is 0 Å². The maximum atomic E-state index is 12.3. The lowest BCUT2D eigenvalue weighted by Gasteiger charge is -2.35. The van der Waals surface area contributed by atoms with Gasteiger partial charge in [0, 0.05) is 12.7 Å². The van der Waals surface area contributed by atoms with E-state index >= 15 is 0 Å². The first-order valence-corrected chi connectivity index (χ1v) is 7.28. The third kappa shape index (κ3) is 3.25. The van der Waals surface area contributed by atoms with Gasteiger partial charge in [-0.2, -0.15) is 4.98 Å². The second kappa shape index (κ2) is 7.23. The van der Waals surface area contributed by atoms with Crippen molar-refractivity contribution in [2.75, 3.05) is 25.5 Å². The molecule has 0 bridgehead atoms. The van der Waals surface area contributed by atoms with Crippen molar-refractivity contribution in [1.82, 2.24) is 9.55 Å². The Kier molecular flexibility index (Phi) is 5.51. The van der Waals surface area contributed by atoms with Crippen molar-refractivity contribution >= 4 is 11.7 Å². The number of primary amides is 1. The summed E-state index contributed by atoms with van der Waals surface area (Å²) in [7, 11) is 0. The summed E-state index contributed by atoms with van der Waals surface area (Å²) in [4.78, 5) is 27.4. The highest BCUT2D eigenvalue weighted by atomic mass is 16.6. The fourth-order valence-corrected chi connectivity index (χ4v) is 2.81. The van der Waals surface area contributed by atoms with Crippen LogP contribution in [0.4, 0.5) is 5.82 Å². The van der Waals surface area contributed by atoms with Crippen LogP contribution in [0.3, 0.4) is 0 Å². The number of hydrogen-bond acceptors (Lipinski definition) is 9. The minimum Gasteiger partial charge on any atom is -0.394 e.